The van der Waals surface area contributed by atoms with Gasteiger partial charge in [-0.15, -0.1) is 0 Å². The van der Waals surface area contributed by atoms with E-state index in [1.165, 1.54) is 0 Å². The van der Waals surface area contributed by atoms with Gasteiger partial charge >= 0.3 is 6.03 Å². The van der Waals surface area contributed by atoms with Crippen molar-refractivity contribution in [1.82, 2.24) is 10.6 Å². The van der Waals surface area contributed by atoms with E-state index in [1.54, 1.807) is 0 Å². The SMILES string of the molecule is CCOCCNC(=O)NCC(=O)Nc1ccc(F)c(F)c1F. The molecular formula is C13H16F3N3O3. The number of anilines is 1. The summed E-state index contributed by atoms with van der Waals surface area (Å²) >= 11 is 0. The molecule has 0 aliphatic heterocycles. The number of carbonyl (C=O) groups is 2. The first-order chi connectivity index (χ1) is 10.5. The van der Waals surface area contributed by atoms with Gasteiger partial charge in [-0.25, -0.2) is 18.0 Å². The highest BCUT2D eigenvalue weighted by Crippen LogP contribution is 2.19. The molecule has 0 unspecified atom stereocenters. The quantitative estimate of drug-likeness (QED) is 0.525. The monoisotopic (exact) mass is 319 g/mol. The van der Waals surface area contributed by atoms with Gasteiger partial charge in [0.2, 0.25) is 5.91 Å². The number of benzene rings is 1. The Balaban J connectivity index is 2.38. The van der Waals surface area contributed by atoms with E-state index in [2.05, 4.69) is 10.6 Å². The molecule has 0 spiro atoms. The standard InChI is InChI=1S/C13H16F3N3O3/c1-2-22-6-5-17-13(21)18-7-10(20)19-9-4-3-8(14)11(15)12(9)16/h3-4H,2,5-7H2,1H3,(H,19,20)(H2,17,18,21). The van der Waals surface area contributed by atoms with Crippen molar-refractivity contribution in [2.75, 3.05) is 31.6 Å². The number of nitrogens with one attached hydrogen (secondary N) is 3. The second-order valence-corrected chi connectivity index (χ2v) is 4.08. The maximum Gasteiger partial charge on any atom is 0.315 e. The summed E-state index contributed by atoms with van der Waals surface area (Å²) in [6.07, 6.45) is 0. The van der Waals surface area contributed by atoms with Crippen LogP contribution in [0.2, 0.25) is 0 Å². The van der Waals surface area contributed by atoms with Gasteiger partial charge in [0.25, 0.3) is 0 Å². The average Bonchev–Trinajstić information content (AvgIpc) is 2.50. The van der Waals surface area contributed by atoms with E-state index in [-0.39, 0.29) is 6.54 Å². The molecule has 1 rings (SSSR count). The zero-order valence-electron chi connectivity index (χ0n) is 11.8. The Kier molecular flexibility index (Phi) is 7.17. The lowest BCUT2D eigenvalue weighted by molar-refractivity contribution is -0.115. The van der Waals surface area contributed by atoms with E-state index in [0.29, 0.717) is 19.3 Å². The first kappa shape index (κ1) is 17.8. The lowest BCUT2D eigenvalue weighted by Crippen LogP contribution is -2.41. The molecular weight excluding hydrogens is 303 g/mol. The van der Waals surface area contributed by atoms with Crippen LogP contribution < -0.4 is 16.0 Å². The molecule has 0 saturated heterocycles. The molecule has 122 valence electrons. The van der Waals surface area contributed by atoms with Crippen LogP contribution in [0.25, 0.3) is 0 Å². The molecule has 1 aromatic carbocycles. The van der Waals surface area contributed by atoms with Crippen molar-refractivity contribution < 1.29 is 27.5 Å². The summed E-state index contributed by atoms with van der Waals surface area (Å²) in [4.78, 5) is 22.8. The van der Waals surface area contributed by atoms with Crippen molar-refractivity contribution in [3.63, 3.8) is 0 Å². The van der Waals surface area contributed by atoms with Crippen LogP contribution in [0.5, 0.6) is 0 Å². The molecule has 0 atom stereocenters. The molecule has 0 aliphatic rings. The third-order valence-electron chi connectivity index (χ3n) is 2.45. The summed E-state index contributed by atoms with van der Waals surface area (Å²) in [5.74, 6) is -5.33. The highest BCUT2D eigenvalue weighted by Gasteiger charge is 2.15. The number of rotatable bonds is 7. The Hall–Kier alpha value is -2.29. The van der Waals surface area contributed by atoms with Crippen molar-refractivity contribution in [1.29, 1.82) is 0 Å². The lowest BCUT2D eigenvalue weighted by Gasteiger charge is -2.09. The molecule has 0 fully saturated rings. The zero-order valence-corrected chi connectivity index (χ0v) is 11.8. The maximum absolute atomic E-state index is 13.3. The second-order valence-electron chi connectivity index (χ2n) is 4.08. The van der Waals surface area contributed by atoms with E-state index in [9.17, 15) is 22.8 Å². The normalized spacial score (nSPS) is 10.2. The van der Waals surface area contributed by atoms with Crippen molar-refractivity contribution in [2.45, 2.75) is 6.92 Å². The van der Waals surface area contributed by atoms with E-state index < -0.39 is 41.6 Å². The summed E-state index contributed by atoms with van der Waals surface area (Å²) < 4.78 is 44.0. The first-order valence-electron chi connectivity index (χ1n) is 6.48. The summed E-state index contributed by atoms with van der Waals surface area (Å²) in [6.45, 7) is 2.46. The van der Waals surface area contributed by atoms with Gasteiger partial charge < -0.3 is 20.7 Å². The Bertz CT molecular complexity index is 541. The van der Waals surface area contributed by atoms with Crippen LogP contribution >= 0.6 is 0 Å². The van der Waals surface area contributed by atoms with Gasteiger partial charge in [-0.2, -0.15) is 0 Å². The predicted octanol–water partition coefficient (Wildman–Crippen LogP) is 1.38. The van der Waals surface area contributed by atoms with E-state index in [4.69, 9.17) is 4.74 Å². The molecule has 3 N–H and O–H groups in total. The van der Waals surface area contributed by atoms with Crippen LogP contribution in [0.1, 0.15) is 6.92 Å². The number of urea groups is 1. The smallest absolute Gasteiger partial charge is 0.315 e. The first-order valence-corrected chi connectivity index (χ1v) is 6.48. The Labute approximate surface area is 125 Å². The third kappa shape index (κ3) is 5.60. The molecule has 0 saturated carbocycles. The minimum atomic E-state index is -1.68. The summed E-state index contributed by atoms with van der Waals surface area (Å²) in [7, 11) is 0. The lowest BCUT2D eigenvalue weighted by atomic mass is 10.2. The number of hydrogen-bond donors (Lipinski definition) is 3. The molecule has 3 amide bonds. The third-order valence-corrected chi connectivity index (χ3v) is 2.45. The van der Waals surface area contributed by atoms with Gasteiger partial charge in [0.1, 0.15) is 0 Å². The Morgan fingerprint density at radius 3 is 2.55 bits per heavy atom. The van der Waals surface area contributed by atoms with Crippen molar-refractivity contribution >= 4 is 17.6 Å². The molecule has 9 heteroatoms. The molecule has 0 aromatic heterocycles. The summed E-state index contributed by atoms with van der Waals surface area (Å²) in [5.41, 5.74) is -0.512. The van der Waals surface area contributed by atoms with Gasteiger partial charge in [-0.1, -0.05) is 0 Å². The summed E-state index contributed by atoms with van der Waals surface area (Å²) in [6, 6.07) is 0.955. The predicted molar refractivity (Wildman–Crippen MR) is 72.8 cm³/mol. The van der Waals surface area contributed by atoms with E-state index in [0.717, 1.165) is 6.07 Å². The van der Waals surface area contributed by atoms with Gasteiger partial charge in [0.05, 0.1) is 18.8 Å². The fourth-order valence-electron chi connectivity index (χ4n) is 1.42. The van der Waals surface area contributed by atoms with Gasteiger partial charge in [0.15, 0.2) is 17.5 Å². The number of carbonyl (C=O) groups excluding carboxylic acids is 2. The van der Waals surface area contributed by atoms with Gasteiger partial charge in [-0.05, 0) is 19.1 Å². The van der Waals surface area contributed by atoms with Crippen LogP contribution in [-0.4, -0.2) is 38.2 Å². The zero-order chi connectivity index (χ0) is 16.5. The van der Waals surface area contributed by atoms with Gasteiger partial charge in [0, 0.05) is 13.2 Å². The average molecular weight is 319 g/mol. The Morgan fingerprint density at radius 2 is 1.86 bits per heavy atom. The van der Waals surface area contributed by atoms with Crippen LogP contribution in [0.3, 0.4) is 0 Å². The number of ether oxygens (including phenoxy) is 1. The fourth-order valence-corrected chi connectivity index (χ4v) is 1.42. The van der Waals surface area contributed by atoms with Crippen molar-refractivity contribution in [3.05, 3.63) is 29.6 Å². The highest BCUT2D eigenvalue weighted by molar-refractivity contribution is 5.94. The molecule has 22 heavy (non-hydrogen) atoms. The molecule has 6 nitrogen and oxygen atoms in total. The van der Waals surface area contributed by atoms with Crippen molar-refractivity contribution in [2.24, 2.45) is 0 Å². The maximum atomic E-state index is 13.3. The van der Waals surface area contributed by atoms with Crippen LogP contribution in [0, 0.1) is 17.5 Å². The second kappa shape index (κ2) is 8.88. The fraction of sp³-hybridized carbons (Fsp3) is 0.385. The number of amides is 3. The van der Waals surface area contributed by atoms with E-state index >= 15 is 0 Å². The number of hydrogen-bond acceptors (Lipinski definition) is 3. The van der Waals surface area contributed by atoms with Gasteiger partial charge in [-0.3, -0.25) is 4.79 Å². The van der Waals surface area contributed by atoms with Crippen LogP contribution in [0.4, 0.5) is 23.7 Å². The highest BCUT2D eigenvalue weighted by atomic mass is 19.2. The molecule has 0 heterocycles. The van der Waals surface area contributed by atoms with Crippen LogP contribution in [0.15, 0.2) is 12.1 Å². The summed E-state index contributed by atoms with van der Waals surface area (Å²) in [5, 5.41) is 6.67. The van der Waals surface area contributed by atoms with Crippen molar-refractivity contribution in [3.8, 4) is 0 Å². The molecule has 0 aliphatic carbocycles. The molecule has 1 aromatic rings. The largest absolute Gasteiger partial charge is 0.380 e. The molecule has 0 bridgehead atoms. The minimum Gasteiger partial charge on any atom is -0.380 e. The van der Waals surface area contributed by atoms with Crippen LogP contribution in [-0.2, 0) is 9.53 Å². The number of halogens is 3. The molecule has 0 radical (unpaired) electrons. The topological polar surface area (TPSA) is 79.5 Å². The van der Waals surface area contributed by atoms with E-state index in [1.807, 2.05) is 12.2 Å². The Morgan fingerprint density at radius 1 is 1.14 bits per heavy atom. The minimum absolute atomic E-state index is 0.263.